The number of rotatable bonds is 5. The molecule has 0 spiro atoms. The van der Waals surface area contributed by atoms with Crippen molar-refractivity contribution in [3.05, 3.63) is 69.8 Å². The number of benzene rings is 2. The molecule has 2 nitrogen and oxygen atoms in total. The van der Waals surface area contributed by atoms with Crippen LogP contribution in [0.3, 0.4) is 0 Å². The number of alkyl halides is 3. The minimum atomic E-state index is -4.38. The molecule has 2 aromatic rings. The van der Waals surface area contributed by atoms with Gasteiger partial charge in [0.25, 0.3) is 0 Å². The van der Waals surface area contributed by atoms with Crippen LogP contribution >= 0.6 is 0 Å². The quantitative estimate of drug-likeness (QED) is 0.491. The van der Waals surface area contributed by atoms with E-state index in [1.54, 1.807) is 12.1 Å². The van der Waals surface area contributed by atoms with Crippen molar-refractivity contribution in [2.45, 2.75) is 65.5 Å². The van der Waals surface area contributed by atoms with Crippen molar-refractivity contribution >= 4 is 11.4 Å². The van der Waals surface area contributed by atoms with Crippen LogP contribution in [0.5, 0.6) is 0 Å². The van der Waals surface area contributed by atoms with Gasteiger partial charge in [-0.2, -0.15) is 23.4 Å². The van der Waals surface area contributed by atoms with Gasteiger partial charge in [-0.3, -0.25) is 0 Å². The summed E-state index contributed by atoms with van der Waals surface area (Å²) in [6.07, 6.45) is 1.11. The van der Waals surface area contributed by atoms with Crippen LogP contribution in [0.4, 0.5) is 13.2 Å². The van der Waals surface area contributed by atoms with Crippen LogP contribution in [-0.4, -0.2) is 11.4 Å². The first-order valence-electron chi connectivity index (χ1n) is 11.2. The fourth-order valence-corrected chi connectivity index (χ4v) is 4.67. The molecule has 1 atom stereocenters. The lowest BCUT2D eigenvalue weighted by atomic mass is 9.81. The van der Waals surface area contributed by atoms with E-state index in [4.69, 9.17) is 0 Å². The van der Waals surface area contributed by atoms with Gasteiger partial charge in [0, 0.05) is 6.42 Å². The normalized spacial score (nSPS) is 18.7. The Morgan fingerprint density at radius 3 is 2.29 bits per heavy atom. The van der Waals surface area contributed by atoms with E-state index in [9.17, 15) is 13.2 Å². The first kappa shape index (κ1) is 21.8. The Morgan fingerprint density at radius 1 is 0.968 bits per heavy atom. The lowest BCUT2D eigenvalue weighted by Gasteiger charge is -2.24. The molecule has 1 heterocycles. The molecule has 0 radical (unpaired) electrons. The molecule has 164 valence electrons. The summed E-state index contributed by atoms with van der Waals surface area (Å²) in [7, 11) is 0. The SMILES string of the molecule is CCC1CCc2ccc(C3=NN=C(c4ccc(CC(C)C)c(C(F)(F)F)c4)C3)cc2C1. The smallest absolute Gasteiger partial charge is 0.166 e. The summed E-state index contributed by atoms with van der Waals surface area (Å²) < 4.78 is 41.0. The number of aryl methyl sites for hydroxylation is 1. The summed E-state index contributed by atoms with van der Waals surface area (Å²) in [5, 5.41) is 8.60. The van der Waals surface area contributed by atoms with Gasteiger partial charge in [-0.05, 0) is 77.5 Å². The zero-order valence-electron chi connectivity index (χ0n) is 18.4. The predicted octanol–water partition coefficient (Wildman–Crippen LogP) is 7.02. The van der Waals surface area contributed by atoms with E-state index >= 15 is 0 Å². The van der Waals surface area contributed by atoms with Crippen LogP contribution in [0.2, 0.25) is 0 Å². The summed E-state index contributed by atoms with van der Waals surface area (Å²) in [5.74, 6) is 0.882. The van der Waals surface area contributed by atoms with Crippen LogP contribution in [0.25, 0.3) is 0 Å². The van der Waals surface area contributed by atoms with Gasteiger partial charge in [0.15, 0.2) is 0 Å². The highest BCUT2D eigenvalue weighted by molar-refractivity contribution is 6.20. The topological polar surface area (TPSA) is 24.7 Å². The van der Waals surface area contributed by atoms with Crippen LogP contribution in [0.1, 0.15) is 73.4 Å². The third kappa shape index (κ3) is 4.76. The van der Waals surface area contributed by atoms with Gasteiger partial charge in [0.05, 0.1) is 17.0 Å². The number of hydrogen-bond acceptors (Lipinski definition) is 2. The second-order valence-electron chi connectivity index (χ2n) is 9.24. The Bertz CT molecular complexity index is 1030. The lowest BCUT2D eigenvalue weighted by Crippen LogP contribution is -2.15. The molecule has 1 aliphatic heterocycles. The summed E-state index contributed by atoms with van der Waals surface area (Å²) in [6, 6.07) is 11.1. The first-order valence-corrected chi connectivity index (χ1v) is 11.2. The van der Waals surface area contributed by atoms with E-state index in [1.807, 2.05) is 13.8 Å². The molecule has 5 heteroatoms. The van der Waals surface area contributed by atoms with E-state index in [0.29, 0.717) is 29.7 Å². The molecule has 0 N–H and O–H groups in total. The molecule has 0 bridgehead atoms. The Balaban J connectivity index is 1.55. The maximum atomic E-state index is 13.7. The molecule has 0 fully saturated rings. The van der Waals surface area contributed by atoms with Gasteiger partial charge in [-0.1, -0.05) is 51.5 Å². The standard InChI is InChI=1S/C26H29F3N2/c1-4-17-5-6-18-7-9-20(13-22(18)12-17)24-15-25(31-30-24)21-10-8-19(11-16(2)3)23(14-21)26(27,28)29/h7-10,13-14,16-17H,4-6,11-12,15H2,1-3H3. The molecule has 0 saturated heterocycles. The van der Waals surface area contributed by atoms with Crippen molar-refractivity contribution in [1.29, 1.82) is 0 Å². The van der Waals surface area contributed by atoms with E-state index < -0.39 is 11.7 Å². The minimum absolute atomic E-state index is 0.155. The fourth-order valence-electron chi connectivity index (χ4n) is 4.67. The number of nitrogens with zero attached hydrogens (tertiary/aromatic N) is 2. The average molecular weight is 427 g/mol. The van der Waals surface area contributed by atoms with Crippen LogP contribution in [-0.2, 0) is 25.4 Å². The molecule has 0 saturated carbocycles. The number of halogens is 3. The van der Waals surface area contributed by atoms with Gasteiger partial charge in [0.1, 0.15) is 0 Å². The van der Waals surface area contributed by atoms with E-state index in [0.717, 1.165) is 30.0 Å². The summed E-state index contributed by atoms with van der Waals surface area (Å²) >= 11 is 0. The minimum Gasteiger partial charge on any atom is -0.166 e. The van der Waals surface area contributed by atoms with Crippen molar-refractivity contribution in [3.8, 4) is 0 Å². The maximum Gasteiger partial charge on any atom is 0.416 e. The third-order valence-corrected chi connectivity index (χ3v) is 6.45. The van der Waals surface area contributed by atoms with Crippen molar-refractivity contribution in [2.24, 2.45) is 22.0 Å². The van der Waals surface area contributed by atoms with Crippen LogP contribution in [0.15, 0.2) is 46.6 Å². The second-order valence-corrected chi connectivity index (χ2v) is 9.24. The van der Waals surface area contributed by atoms with Gasteiger partial charge in [0.2, 0.25) is 0 Å². The van der Waals surface area contributed by atoms with E-state index in [2.05, 4.69) is 35.3 Å². The van der Waals surface area contributed by atoms with Gasteiger partial charge in [-0.25, -0.2) is 0 Å². The summed E-state index contributed by atoms with van der Waals surface area (Å²) in [6.45, 7) is 6.09. The van der Waals surface area contributed by atoms with Gasteiger partial charge >= 0.3 is 6.18 Å². The largest absolute Gasteiger partial charge is 0.416 e. The highest BCUT2D eigenvalue weighted by atomic mass is 19.4. The van der Waals surface area contributed by atoms with E-state index in [1.165, 1.54) is 30.0 Å². The monoisotopic (exact) mass is 426 g/mol. The average Bonchev–Trinajstić information content (AvgIpc) is 3.22. The predicted molar refractivity (Wildman–Crippen MR) is 120 cm³/mol. The second kappa shape index (κ2) is 8.60. The van der Waals surface area contributed by atoms with Gasteiger partial charge in [-0.15, -0.1) is 0 Å². The van der Waals surface area contributed by atoms with Crippen LogP contribution < -0.4 is 0 Å². The Morgan fingerprint density at radius 2 is 1.65 bits per heavy atom. The lowest BCUT2D eigenvalue weighted by molar-refractivity contribution is -0.138. The molecule has 1 unspecified atom stereocenters. The Labute approximate surface area is 182 Å². The molecule has 4 rings (SSSR count). The molecular weight excluding hydrogens is 397 g/mol. The summed E-state index contributed by atoms with van der Waals surface area (Å²) in [4.78, 5) is 0. The Hall–Kier alpha value is -2.43. The van der Waals surface area contributed by atoms with Crippen molar-refractivity contribution in [1.82, 2.24) is 0 Å². The molecule has 2 aliphatic rings. The fraction of sp³-hybridized carbons (Fsp3) is 0.462. The first-order chi connectivity index (χ1) is 14.7. The van der Waals surface area contributed by atoms with Crippen molar-refractivity contribution < 1.29 is 13.2 Å². The molecule has 31 heavy (non-hydrogen) atoms. The third-order valence-electron chi connectivity index (χ3n) is 6.45. The molecule has 1 aliphatic carbocycles. The molecule has 2 aromatic carbocycles. The highest BCUT2D eigenvalue weighted by Crippen LogP contribution is 2.35. The summed E-state index contributed by atoms with van der Waals surface area (Å²) in [5.41, 5.74) is 5.52. The van der Waals surface area contributed by atoms with Gasteiger partial charge < -0.3 is 0 Å². The van der Waals surface area contributed by atoms with E-state index in [-0.39, 0.29) is 5.92 Å². The van der Waals surface area contributed by atoms with Crippen molar-refractivity contribution in [3.63, 3.8) is 0 Å². The highest BCUT2D eigenvalue weighted by Gasteiger charge is 2.34. The Kier molecular flexibility index (Phi) is 6.05. The zero-order chi connectivity index (χ0) is 22.2. The van der Waals surface area contributed by atoms with Crippen LogP contribution in [0, 0.1) is 11.8 Å². The zero-order valence-corrected chi connectivity index (χ0v) is 18.4. The molecular formula is C26H29F3N2. The maximum absolute atomic E-state index is 13.7. The van der Waals surface area contributed by atoms with Crippen molar-refractivity contribution in [2.75, 3.05) is 0 Å². The number of fused-ring (bicyclic) bond motifs is 1. The molecule has 0 amide bonds. The number of hydrogen-bond donors (Lipinski definition) is 0. The molecule has 0 aromatic heterocycles.